The molecule has 6 N–H and O–H groups in total. The van der Waals surface area contributed by atoms with Gasteiger partial charge in [0.15, 0.2) is 0 Å². The van der Waals surface area contributed by atoms with Gasteiger partial charge in [0, 0.05) is 0 Å². The number of carbonyl (C=O) groups is 6. The zero-order valence-corrected chi connectivity index (χ0v) is 23.1. The predicted octanol–water partition coefficient (Wildman–Crippen LogP) is 3.27. The second-order valence-corrected chi connectivity index (χ2v) is 10.2. The summed E-state index contributed by atoms with van der Waals surface area (Å²) in [5, 5.41) is 4.08. The molecule has 0 radical (unpaired) electrons. The Kier molecular flexibility index (Phi) is 13.4. The molecule has 1 aliphatic rings. The molecule has 0 atom stereocenters. The summed E-state index contributed by atoms with van der Waals surface area (Å²) in [7, 11) is 0. The molecule has 0 spiro atoms. The van der Waals surface area contributed by atoms with Crippen LogP contribution < -0.4 is 22.1 Å². The number of carbonyl (C=O) groups excluding carboxylic acids is 6. The van der Waals surface area contributed by atoms with Crippen molar-refractivity contribution in [2.75, 3.05) is 0 Å². The van der Waals surface area contributed by atoms with Gasteiger partial charge >= 0.3 is 24.0 Å². The first kappa shape index (κ1) is 32.2. The number of nitrogens with two attached hydrogens (primary N) is 2. The summed E-state index contributed by atoms with van der Waals surface area (Å²) in [6, 6.07) is 4.90. The number of benzene rings is 1. The highest BCUT2D eigenvalue weighted by atomic mass is 79.9. The molecule has 0 saturated carbocycles. The van der Waals surface area contributed by atoms with Crippen LogP contribution in [-0.2, 0) is 14.3 Å². The highest BCUT2D eigenvalue weighted by Crippen LogP contribution is 2.27. The van der Waals surface area contributed by atoms with Crippen molar-refractivity contribution in [1.29, 1.82) is 0 Å². The van der Waals surface area contributed by atoms with Gasteiger partial charge in [-0.3, -0.25) is 20.2 Å². The Morgan fingerprint density at radius 2 is 1.03 bits per heavy atom. The number of urea groups is 2. The number of hydrogen-bond acceptors (Lipinski definition) is 7. The smallest absolute Gasteiger partial charge is 0.346 e. The molecule has 194 valence electrons. The van der Waals surface area contributed by atoms with Crippen molar-refractivity contribution in [3.05, 3.63) is 35.4 Å². The number of imide groups is 2. The molecular formula is C22H30Br2N4O7. The first-order chi connectivity index (χ1) is 16.2. The summed E-state index contributed by atoms with van der Waals surface area (Å²) in [6.07, 6.45) is 2.45. The second-order valence-electron chi connectivity index (χ2n) is 7.20. The highest BCUT2D eigenvalue weighted by molar-refractivity contribution is 9.10. The Hall–Kier alpha value is -2.80. The van der Waals surface area contributed by atoms with Crippen LogP contribution in [0, 0.1) is 0 Å². The maximum atomic E-state index is 11.3. The Labute approximate surface area is 220 Å². The zero-order chi connectivity index (χ0) is 27.4. The van der Waals surface area contributed by atoms with Crippen LogP contribution >= 0.6 is 31.9 Å². The molecular weight excluding hydrogens is 592 g/mol. The molecule has 2 rings (SSSR count). The average Bonchev–Trinajstić information content (AvgIpc) is 3.11. The third-order valence-electron chi connectivity index (χ3n) is 5.08. The summed E-state index contributed by atoms with van der Waals surface area (Å²) in [4.78, 5) is 64.9. The van der Waals surface area contributed by atoms with E-state index in [0.717, 1.165) is 0 Å². The Bertz CT molecular complexity index is 886. The van der Waals surface area contributed by atoms with Crippen molar-refractivity contribution in [1.82, 2.24) is 10.6 Å². The van der Waals surface area contributed by atoms with E-state index < -0.39 is 32.6 Å². The SMILES string of the molecule is CCC(Br)(CC)C(=O)NC(N)=O.CCC(Br)(CC)C(=O)NC(N)=O.O=C1OC(=O)c2ccccc21. The van der Waals surface area contributed by atoms with Gasteiger partial charge in [-0.25, -0.2) is 19.2 Å². The fraction of sp³-hybridized carbons (Fsp3) is 0.455. The minimum Gasteiger partial charge on any atom is -0.386 e. The van der Waals surface area contributed by atoms with E-state index in [1.807, 2.05) is 38.3 Å². The molecule has 0 bridgehead atoms. The number of ether oxygens (including phenoxy) is 1. The third kappa shape index (κ3) is 9.76. The Balaban J connectivity index is 0.000000495. The van der Waals surface area contributed by atoms with Crippen molar-refractivity contribution in [3.63, 3.8) is 0 Å². The van der Waals surface area contributed by atoms with E-state index in [9.17, 15) is 28.8 Å². The first-order valence-corrected chi connectivity index (χ1v) is 12.2. The average molecular weight is 622 g/mol. The predicted molar refractivity (Wildman–Crippen MR) is 136 cm³/mol. The van der Waals surface area contributed by atoms with Gasteiger partial charge in [0.1, 0.15) is 8.65 Å². The fourth-order valence-corrected chi connectivity index (χ4v) is 2.82. The lowest BCUT2D eigenvalue weighted by Crippen LogP contribution is -2.46. The van der Waals surface area contributed by atoms with Crippen molar-refractivity contribution in [3.8, 4) is 0 Å². The molecule has 11 nitrogen and oxygen atoms in total. The summed E-state index contributed by atoms with van der Waals surface area (Å²) >= 11 is 6.51. The molecule has 0 fully saturated rings. The van der Waals surface area contributed by atoms with Crippen LogP contribution in [-0.4, -0.2) is 44.5 Å². The number of alkyl halides is 2. The molecule has 1 aliphatic heterocycles. The van der Waals surface area contributed by atoms with E-state index in [0.29, 0.717) is 36.8 Å². The number of hydrogen-bond donors (Lipinski definition) is 4. The fourth-order valence-electron chi connectivity index (χ4n) is 2.62. The number of fused-ring (bicyclic) bond motifs is 1. The Morgan fingerprint density at radius 3 is 1.26 bits per heavy atom. The minimum atomic E-state index is -0.814. The number of cyclic esters (lactones) is 2. The van der Waals surface area contributed by atoms with Crippen LogP contribution in [0.2, 0.25) is 0 Å². The van der Waals surface area contributed by atoms with E-state index in [1.165, 1.54) is 0 Å². The molecule has 35 heavy (non-hydrogen) atoms. The number of halogens is 2. The standard InChI is InChI=1S/C8H4O3.2C7H13BrN2O2/c9-7-5-3-1-2-4-6(5)8(10)11-7;2*1-3-7(8,4-2)5(11)10-6(9)12/h1-4H;2*3-4H2,1-2H3,(H3,9,10,11,12). The van der Waals surface area contributed by atoms with Crippen molar-refractivity contribution in [2.24, 2.45) is 11.5 Å². The van der Waals surface area contributed by atoms with E-state index in [4.69, 9.17) is 11.5 Å². The van der Waals surface area contributed by atoms with E-state index in [-0.39, 0.29) is 11.8 Å². The monoisotopic (exact) mass is 620 g/mol. The van der Waals surface area contributed by atoms with E-state index in [2.05, 4.69) is 36.6 Å². The van der Waals surface area contributed by atoms with Gasteiger partial charge in [0.05, 0.1) is 11.1 Å². The summed E-state index contributed by atoms with van der Waals surface area (Å²) in [5.74, 6) is -1.85. The number of esters is 2. The molecule has 0 aliphatic carbocycles. The molecule has 0 aromatic heterocycles. The molecule has 1 aromatic carbocycles. The number of primary amides is 2. The third-order valence-corrected chi connectivity index (χ3v) is 8.04. The van der Waals surface area contributed by atoms with Crippen molar-refractivity contribution < 1.29 is 33.5 Å². The van der Waals surface area contributed by atoms with Crippen LogP contribution in [0.3, 0.4) is 0 Å². The molecule has 1 aromatic rings. The molecule has 6 amide bonds. The quantitative estimate of drug-likeness (QED) is 0.213. The van der Waals surface area contributed by atoms with Crippen LogP contribution in [0.15, 0.2) is 24.3 Å². The second kappa shape index (κ2) is 14.6. The molecule has 13 heteroatoms. The zero-order valence-electron chi connectivity index (χ0n) is 19.9. The van der Waals surface area contributed by atoms with Gasteiger partial charge < -0.3 is 16.2 Å². The summed E-state index contributed by atoms with van der Waals surface area (Å²) in [6.45, 7) is 7.44. The molecule has 1 heterocycles. The maximum absolute atomic E-state index is 11.3. The number of rotatable bonds is 6. The molecule has 0 saturated heterocycles. The van der Waals surface area contributed by atoms with Gasteiger partial charge in [0.25, 0.3) is 0 Å². The van der Waals surface area contributed by atoms with Crippen LogP contribution in [0.4, 0.5) is 9.59 Å². The van der Waals surface area contributed by atoms with Gasteiger partial charge in [0.2, 0.25) is 11.8 Å². The van der Waals surface area contributed by atoms with Crippen molar-refractivity contribution in [2.45, 2.75) is 62.0 Å². The molecule has 0 unspecified atom stereocenters. The highest BCUT2D eigenvalue weighted by Gasteiger charge is 2.33. The van der Waals surface area contributed by atoms with Gasteiger partial charge in [-0.2, -0.15) is 0 Å². The van der Waals surface area contributed by atoms with Crippen molar-refractivity contribution >= 4 is 67.7 Å². The lowest BCUT2D eigenvalue weighted by molar-refractivity contribution is -0.123. The number of amides is 6. The summed E-state index contributed by atoms with van der Waals surface area (Å²) in [5.41, 5.74) is 10.3. The first-order valence-electron chi connectivity index (χ1n) is 10.7. The summed E-state index contributed by atoms with van der Waals surface area (Å²) < 4.78 is 3.02. The van der Waals surface area contributed by atoms with Gasteiger partial charge in [-0.1, -0.05) is 71.7 Å². The lowest BCUT2D eigenvalue weighted by Gasteiger charge is -2.21. The van der Waals surface area contributed by atoms with E-state index in [1.54, 1.807) is 24.3 Å². The van der Waals surface area contributed by atoms with Crippen LogP contribution in [0.1, 0.15) is 74.1 Å². The van der Waals surface area contributed by atoms with E-state index >= 15 is 0 Å². The minimum absolute atomic E-state index is 0.359. The lowest BCUT2D eigenvalue weighted by atomic mass is 10.0. The number of nitrogens with one attached hydrogen (secondary N) is 2. The topological polar surface area (TPSA) is 188 Å². The van der Waals surface area contributed by atoms with Crippen LogP contribution in [0.25, 0.3) is 0 Å². The van der Waals surface area contributed by atoms with Gasteiger partial charge in [-0.15, -0.1) is 0 Å². The normalized spacial score (nSPS) is 12.1. The van der Waals surface area contributed by atoms with Gasteiger partial charge in [-0.05, 0) is 37.8 Å². The largest absolute Gasteiger partial charge is 0.386 e. The van der Waals surface area contributed by atoms with Crippen LogP contribution in [0.5, 0.6) is 0 Å². The maximum Gasteiger partial charge on any atom is 0.346 e. The Morgan fingerprint density at radius 1 is 0.743 bits per heavy atom.